The molecule has 3 heterocycles. The normalized spacial score (nSPS) is 18.1. The zero-order valence-electron chi connectivity index (χ0n) is 9.10. The summed E-state index contributed by atoms with van der Waals surface area (Å²) in [4.78, 5) is 17.2. The minimum absolute atomic E-state index is 0.161. The van der Waals surface area contributed by atoms with E-state index in [0.717, 1.165) is 16.8 Å². The van der Waals surface area contributed by atoms with Crippen molar-refractivity contribution >= 4 is 17.3 Å². The second-order valence-electron chi connectivity index (χ2n) is 4.11. The zero-order valence-corrected chi connectivity index (χ0v) is 9.10. The number of fused-ring (bicyclic) bond motifs is 2. The molecule has 1 aromatic heterocycles. The van der Waals surface area contributed by atoms with Crippen molar-refractivity contribution in [2.45, 2.75) is 6.42 Å². The Hall–Kier alpha value is -2.35. The number of hydrogen-bond donors (Lipinski definition) is 1. The van der Waals surface area contributed by atoms with Gasteiger partial charge >= 0.3 is 0 Å². The Morgan fingerprint density at radius 3 is 3.24 bits per heavy atom. The molecular formula is C12H10N4O. The van der Waals surface area contributed by atoms with Crippen LogP contribution in [0.15, 0.2) is 23.9 Å². The van der Waals surface area contributed by atoms with Crippen LogP contribution in [0.2, 0.25) is 0 Å². The van der Waals surface area contributed by atoms with Crippen molar-refractivity contribution in [1.29, 1.82) is 5.26 Å². The Kier molecular flexibility index (Phi) is 2.08. The van der Waals surface area contributed by atoms with E-state index in [-0.39, 0.29) is 5.78 Å². The lowest BCUT2D eigenvalue weighted by atomic mass is 9.95. The van der Waals surface area contributed by atoms with Crippen LogP contribution in [0.25, 0.3) is 5.70 Å². The van der Waals surface area contributed by atoms with E-state index < -0.39 is 0 Å². The van der Waals surface area contributed by atoms with Gasteiger partial charge in [-0.15, -0.1) is 0 Å². The van der Waals surface area contributed by atoms with E-state index >= 15 is 0 Å². The van der Waals surface area contributed by atoms with E-state index in [2.05, 4.69) is 16.5 Å². The maximum Gasteiger partial charge on any atom is 0.185 e. The molecule has 0 amide bonds. The molecule has 2 aliphatic heterocycles. The van der Waals surface area contributed by atoms with E-state index in [0.29, 0.717) is 25.3 Å². The van der Waals surface area contributed by atoms with E-state index in [1.165, 1.54) is 4.90 Å². The summed E-state index contributed by atoms with van der Waals surface area (Å²) in [6, 6.07) is 3.76. The summed E-state index contributed by atoms with van der Waals surface area (Å²) in [5.41, 5.74) is 2.85. The summed E-state index contributed by atoms with van der Waals surface area (Å²) in [5, 5.41) is 12.2. The molecule has 17 heavy (non-hydrogen) atoms. The SMILES string of the molecule is N#CN1CC2=C(NCC(=O)C2)c2cccnc21. The topological polar surface area (TPSA) is 69.0 Å². The monoisotopic (exact) mass is 226 g/mol. The van der Waals surface area contributed by atoms with Gasteiger partial charge in [0.15, 0.2) is 17.8 Å². The molecule has 0 atom stereocenters. The average Bonchev–Trinajstić information content (AvgIpc) is 2.37. The van der Waals surface area contributed by atoms with Gasteiger partial charge in [-0.25, -0.2) is 4.98 Å². The van der Waals surface area contributed by atoms with Gasteiger partial charge in [0.2, 0.25) is 0 Å². The van der Waals surface area contributed by atoms with Gasteiger partial charge in [0.25, 0.3) is 0 Å². The first-order chi connectivity index (χ1) is 8.29. The number of pyridine rings is 1. The van der Waals surface area contributed by atoms with E-state index in [9.17, 15) is 4.79 Å². The largest absolute Gasteiger partial charge is 0.377 e. The highest BCUT2D eigenvalue weighted by molar-refractivity contribution is 5.93. The average molecular weight is 226 g/mol. The molecule has 5 heteroatoms. The highest BCUT2D eigenvalue weighted by Gasteiger charge is 2.29. The lowest BCUT2D eigenvalue weighted by Crippen LogP contribution is -2.36. The van der Waals surface area contributed by atoms with Gasteiger partial charge in [0, 0.05) is 23.9 Å². The van der Waals surface area contributed by atoms with Gasteiger partial charge in [-0.05, 0) is 17.7 Å². The molecule has 0 saturated heterocycles. The van der Waals surface area contributed by atoms with Crippen LogP contribution in [0, 0.1) is 11.5 Å². The molecule has 0 spiro atoms. The fraction of sp³-hybridized carbons (Fsp3) is 0.250. The highest BCUT2D eigenvalue weighted by Crippen LogP contribution is 2.33. The smallest absolute Gasteiger partial charge is 0.185 e. The number of nitrogens with one attached hydrogen (secondary N) is 1. The number of carbonyl (C=O) groups excluding carboxylic acids is 1. The number of carbonyl (C=O) groups is 1. The third kappa shape index (κ3) is 1.46. The number of hydrogen-bond acceptors (Lipinski definition) is 5. The maximum atomic E-state index is 11.4. The molecule has 3 rings (SSSR count). The number of anilines is 1. The summed E-state index contributed by atoms with van der Waals surface area (Å²) in [7, 11) is 0. The molecule has 1 aromatic rings. The van der Waals surface area contributed by atoms with Crippen LogP contribution in [0.1, 0.15) is 12.0 Å². The van der Waals surface area contributed by atoms with E-state index in [4.69, 9.17) is 5.26 Å². The van der Waals surface area contributed by atoms with Crippen molar-refractivity contribution in [3.05, 3.63) is 29.5 Å². The van der Waals surface area contributed by atoms with Crippen LogP contribution in [-0.4, -0.2) is 23.9 Å². The number of rotatable bonds is 0. The summed E-state index contributed by atoms with van der Waals surface area (Å²) >= 11 is 0. The van der Waals surface area contributed by atoms with Gasteiger partial charge in [-0.3, -0.25) is 9.69 Å². The lowest BCUT2D eigenvalue weighted by molar-refractivity contribution is -0.117. The number of nitriles is 1. The molecular weight excluding hydrogens is 216 g/mol. The van der Waals surface area contributed by atoms with Crippen LogP contribution in [0.3, 0.4) is 0 Å². The van der Waals surface area contributed by atoms with Gasteiger partial charge in [0.05, 0.1) is 13.1 Å². The first-order valence-electron chi connectivity index (χ1n) is 5.40. The Morgan fingerprint density at radius 1 is 1.53 bits per heavy atom. The van der Waals surface area contributed by atoms with E-state index in [1.54, 1.807) is 6.20 Å². The first kappa shape index (κ1) is 9.85. The van der Waals surface area contributed by atoms with Crippen LogP contribution in [0.5, 0.6) is 0 Å². The van der Waals surface area contributed by atoms with Gasteiger partial charge < -0.3 is 5.32 Å². The summed E-state index contributed by atoms with van der Waals surface area (Å²) in [5.74, 6) is 0.824. The third-order valence-electron chi connectivity index (χ3n) is 3.01. The molecule has 0 unspecified atom stereocenters. The van der Waals surface area contributed by atoms with Crippen molar-refractivity contribution in [1.82, 2.24) is 10.3 Å². The van der Waals surface area contributed by atoms with Crippen molar-refractivity contribution in [2.75, 3.05) is 18.0 Å². The molecule has 0 saturated carbocycles. The second-order valence-corrected chi connectivity index (χ2v) is 4.11. The fourth-order valence-corrected chi connectivity index (χ4v) is 2.28. The van der Waals surface area contributed by atoms with Crippen molar-refractivity contribution in [3.63, 3.8) is 0 Å². The molecule has 84 valence electrons. The lowest BCUT2D eigenvalue weighted by Gasteiger charge is -2.31. The molecule has 2 aliphatic rings. The Morgan fingerprint density at radius 2 is 2.41 bits per heavy atom. The van der Waals surface area contributed by atoms with E-state index in [1.807, 2.05) is 12.1 Å². The van der Waals surface area contributed by atoms with Crippen LogP contribution < -0.4 is 10.2 Å². The molecule has 0 fully saturated rings. The predicted octanol–water partition coefficient (Wildman–Crippen LogP) is 0.656. The third-order valence-corrected chi connectivity index (χ3v) is 3.01. The van der Waals surface area contributed by atoms with Crippen molar-refractivity contribution in [2.24, 2.45) is 0 Å². The summed E-state index contributed by atoms with van der Waals surface area (Å²) in [6.07, 6.45) is 4.20. The second kappa shape index (κ2) is 3.59. The fourth-order valence-electron chi connectivity index (χ4n) is 2.28. The van der Waals surface area contributed by atoms with Crippen molar-refractivity contribution < 1.29 is 4.79 Å². The molecule has 0 aromatic carbocycles. The molecule has 1 N–H and O–H groups in total. The summed E-state index contributed by atoms with van der Waals surface area (Å²) in [6.45, 7) is 0.814. The number of aromatic nitrogens is 1. The molecule has 0 aliphatic carbocycles. The summed E-state index contributed by atoms with van der Waals surface area (Å²) < 4.78 is 0. The Bertz CT molecular complexity index is 570. The van der Waals surface area contributed by atoms with Crippen LogP contribution in [0.4, 0.5) is 5.82 Å². The maximum absolute atomic E-state index is 11.4. The first-order valence-corrected chi connectivity index (χ1v) is 5.40. The molecule has 0 radical (unpaired) electrons. The van der Waals surface area contributed by atoms with Crippen LogP contribution in [-0.2, 0) is 4.79 Å². The minimum atomic E-state index is 0.161. The van der Waals surface area contributed by atoms with Crippen molar-refractivity contribution in [3.8, 4) is 6.19 Å². The Balaban J connectivity index is 2.16. The quantitative estimate of drug-likeness (QED) is 0.658. The van der Waals surface area contributed by atoms with Crippen LogP contribution >= 0.6 is 0 Å². The number of Topliss-reactive ketones (excluding diaryl/α,β-unsaturated/α-hetero) is 1. The number of nitrogens with zero attached hydrogens (tertiary/aromatic N) is 3. The Labute approximate surface area is 98.4 Å². The number of ketones is 1. The minimum Gasteiger partial charge on any atom is -0.377 e. The highest BCUT2D eigenvalue weighted by atomic mass is 16.1. The molecule has 5 nitrogen and oxygen atoms in total. The van der Waals surface area contributed by atoms with Gasteiger partial charge in [0.1, 0.15) is 0 Å². The predicted molar refractivity (Wildman–Crippen MR) is 61.7 cm³/mol. The van der Waals surface area contributed by atoms with Gasteiger partial charge in [-0.2, -0.15) is 5.26 Å². The zero-order chi connectivity index (χ0) is 11.8. The standard InChI is InChI=1S/C12H10N4O/c13-7-16-6-8-4-9(17)5-15-11(8)10-2-1-3-14-12(10)16/h1-3,15H,4-6H2. The van der Waals surface area contributed by atoms with Gasteiger partial charge in [-0.1, -0.05) is 0 Å². The molecule has 0 bridgehead atoms.